The molecule has 0 unspecified atom stereocenters. The Kier molecular flexibility index (Phi) is 2.82. The van der Waals surface area contributed by atoms with Crippen LogP contribution in [-0.4, -0.2) is 9.97 Å². The van der Waals surface area contributed by atoms with Crippen LogP contribution in [0.4, 0.5) is 14.6 Å². The van der Waals surface area contributed by atoms with Crippen LogP contribution in [0.3, 0.4) is 0 Å². The van der Waals surface area contributed by atoms with Crippen molar-refractivity contribution in [3.8, 4) is 11.1 Å². The lowest BCUT2D eigenvalue weighted by atomic mass is 9.99. The number of halogens is 2. The molecule has 1 heterocycles. The van der Waals surface area contributed by atoms with Crippen molar-refractivity contribution >= 4 is 16.7 Å². The first-order valence-corrected chi connectivity index (χ1v) is 6.03. The van der Waals surface area contributed by atoms with Crippen LogP contribution in [0.5, 0.6) is 0 Å². The molecule has 3 rings (SSSR count). The number of benzene rings is 2. The fraction of sp³-hybridized carbons (Fsp3) is 0.0667. The molecule has 0 atom stereocenters. The van der Waals surface area contributed by atoms with E-state index in [4.69, 9.17) is 5.73 Å². The standard InChI is InChI=1S/C15H11F2N3/c1-8-6-9(2-4-11(8)16)10-3-5-12(17)14-13(10)15(18)20-7-19-14/h2-7H,1H3,(H2,18,19,20). The zero-order valence-corrected chi connectivity index (χ0v) is 10.7. The summed E-state index contributed by atoms with van der Waals surface area (Å²) < 4.78 is 27.2. The molecule has 5 heteroatoms. The van der Waals surface area contributed by atoms with Gasteiger partial charge in [0, 0.05) is 0 Å². The van der Waals surface area contributed by atoms with E-state index in [1.165, 1.54) is 18.5 Å². The number of rotatable bonds is 1. The Labute approximate surface area is 114 Å². The number of aryl methyl sites for hydroxylation is 1. The van der Waals surface area contributed by atoms with E-state index in [1.807, 2.05) is 0 Å². The molecule has 20 heavy (non-hydrogen) atoms. The van der Waals surface area contributed by atoms with Gasteiger partial charge in [0.15, 0.2) is 0 Å². The van der Waals surface area contributed by atoms with Crippen molar-refractivity contribution in [3.05, 3.63) is 53.9 Å². The number of nitrogens with zero attached hydrogens (tertiary/aromatic N) is 2. The van der Waals surface area contributed by atoms with Crippen molar-refractivity contribution in [2.24, 2.45) is 0 Å². The van der Waals surface area contributed by atoms with Crippen LogP contribution in [0.2, 0.25) is 0 Å². The van der Waals surface area contributed by atoms with Gasteiger partial charge in [0.2, 0.25) is 0 Å². The molecule has 0 fully saturated rings. The molecule has 0 aliphatic heterocycles. The second kappa shape index (κ2) is 4.52. The van der Waals surface area contributed by atoms with E-state index in [9.17, 15) is 8.78 Å². The lowest BCUT2D eigenvalue weighted by Crippen LogP contribution is -1.97. The third-order valence-electron chi connectivity index (χ3n) is 3.24. The first-order valence-electron chi connectivity index (χ1n) is 6.03. The van der Waals surface area contributed by atoms with E-state index in [0.717, 1.165) is 5.56 Å². The lowest BCUT2D eigenvalue weighted by molar-refractivity contribution is 0.618. The first-order chi connectivity index (χ1) is 9.58. The Hall–Kier alpha value is -2.56. The van der Waals surface area contributed by atoms with Gasteiger partial charge in [0.1, 0.15) is 29.3 Å². The minimum atomic E-state index is -0.461. The average molecular weight is 271 g/mol. The van der Waals surface area contributed by atoms with Crippen LogP contribution >= 0.6 is 0 Å². The summed E-state index contributed by atoms with van der Waals surface area (Å²) in [5, 5.41) is 0.443. The van der Waals surface area contributed by atoms with Gasteiger partial charge in [-0.25, -0.2) is 18.7 Å². The SMILES string of the molecule is Cc1cc(-c2ccc(F)c3ncnc(N)c23)ccc1F. The molecule has 0 spiro atoms. The fourth-order valence-corrected chi connectivity index (χ4v) is 2.22. The van der Waals surface area contributed by atoms with E-state index in [0.29, 0.717) is 16.5 Å². The second-order valence-electron chi connectivity index (χ2n) is 4.54. The summed E-state index contributed by atoms with van der Waals surface area (Å²) in [6.45, 7) is 1.67. The van der Waals surface area contributed by atoms with Crippen LogP contribution < -0.4 is 5.73 Å². The number of aromatic nitrogens is 2. The van der Waals surface area contributed by atoms with Gasteiger partial charge in [0.05, 0.1) is 5.39 Å². The number of hydrogen-bond acceptors (Lipinski definition) is 3. The molecule has 2 N–H and O–H groups in total. The number of nitrogen functional groups attached to an aromatic ring is 1. The number of fused-ring (bicyclic) bond motifs is 1. The number of anilines is 1. The molecule has 0 saturated heterocycles. The van der Waals surface area contributed by atoms with Crippen molar-refractivity contribution in [2.75, 3.05) is 5.73 Å². The van der Waals surface area contributed by atoms with Crippen molar-refractivity contribution in [1.29, 1.82) is 0 Å². The zero-order valence-electron chi connectivity index (χ0n) is 10.7. The molecule has 0 aliphatic carbocycles. The Balaban J connectivity index is 2.36. The number of hydrogen-bond donors (Lipinski definition) is 1. The van der Waals surface area contributed by atoms with E-state index in [2.05, 4.69) is 9.97 Å². The molecule has 0 aliphatic rings. The molecule has 0 radical (unpaired) electrons. The molecule has 2 aromatic carbocycles. The van der Waals surface area contributed by atoms with E-state index in [-0.39, 0.29) is 17.2 Å². The molecule has 3 aromatic rings. The molecular formula is C15H11F2N3. The van der Waals surface area contributed by atoms with Crippen LogP contribution in [0.1, 0.15) is 5.56 Å². The molecular weight excluding hydrogens is 260 g/mol. The van der Waals surface area contributed by atoms with Gasteiger partial charge in [-0.15, -0.1) is 0 Å². The van der Waals surface area contributed by atoms with Crippen molar-refractivity contribution in [2.45, 2.75) is 6.92 Å². The van der Waals surface area contributed by atoms with Gasteiger partial charge in [-0.2, -0.15) is 0 Å². The highest BCUT2D eigenvalue weighted by Gasteiger charge is 2.13. The predicted octanol–water partition coefficient (Wildman–Crippen LogP) is 3.47. The van der Waals surface area contributed by atoms with Gasteiger partial charge >= 0.3 is 0 Å². The van der Waals surface area contributed by atoms with Gasteiger partial charge < -0.3 is 5.73 Å². The maximum Gasteiger partial charge on any atom is 0.149 e. The van der Waals surface area contributed by atoms with Gasteiger partial charge in [-0.3, -0.25) is 0 Å². The summed E-state index contributed by atoms with van der Waals surface area (Å²) >= 11 is 0. The zero-order chi connectivity index (χ0) is 14.3. The largest absolute Gasteiger partial charge is 0.383 e. The maximum absolute atomic E-state index is 13.8. The van der Waals surface area contributed by atoms with Gasteiger partial charge in [-0.1, -0.05) is 12.1 Å². The summed E-state index contributed by atoms with van der Waals surface area (Å²) in [5.74, 6) is -0.549. The second-order valence-corrected chi connectivity index (χ2v) is 4.54. The normalized spacial score (nSPS) is 10.9. The molecule has 0 bridgehead atoms. The molecule has 1 aromatic heterocycles. The third-order valence-corrected chi connectivity index (χ3v) is 3.24. The van der Waals surface area contributed by atoms with Crippen LogP contribution in [0, 0.1) is 18.6 Å². The highest BCUT2D eigenvalue weighted by Crippen LogP contribution is 2.32. The molecule has 100 valence electrons. The molecule has 0 saturated carbocycles. The minimum absolute atomic E-state index is 0.164. The molecule has 0 amide bonds. The maximum atomic E-state index is 13.8. The fourth-order valence-electron chi connectivity index (χ4n) is 2.22. The van der Waals surface area contributed by atoms with E-state index < -0.39 is 5.82 Å². The monoisotopic (exact) mass is 271 g/mol. The highest BCUT2D eigenvalue weighted by atomic mass is 19.1. The highest BCUT2D eigenvalue weighted by molar-refractivity contribution is 6.01. The summed E-state index contributed by atoms with van der Waals surface area (Å²) in [4.78, 5) is 7.83. The Morgan fingerprint density at radius 3 is 2.50 bits per heavy atom. The van der Waals surface area contributed by atoms with Crippen LogP contribution in [0.25, 0.3) is 22.0 Å². The van der Waals surface area contributed by atoms with E-state index in [1.54, 1.807) is 25.1 Å². The Morgan fingerprint density at radius 2 is 1.75 bits per heavy atom. The summed E-state index contributed by atoms with van der Waals surface area (Å²) in [6.07, 6.45) is 1.22. The predicted molar refractivity (Wildman–Crippen MR) is 74.0 cm³/mol. The van der Waals surface area contributed by atoms with E-state index >= 15 is 0 Å². The Bertz CT molecular complexity index is 816. The van der Waals surface area contributed by atoms with Crippen LogP contribution in [-0.2, 0) is 0 Å². The van der Waals surface area contributed by atoms with Gasteiger partial charge in [-0.05, 0) is 41.8 Å². The van der Waals surface area contributed by atoms with Crippen molar-refractivity contribution < 1.29 is 8.78 Å². The smallest absolute Gasteiger partial charge is 0.149 e. The topological polar surface area (TPSA) is 51.8 Å². The van der Waals surface area contributed by atoms with Crippen LogP contribution in [0.15, 0.2) is 36.7 Å². The Morgan fingerprint density at radius 1 is 1.00 bits per heavy atom. The van der Waals surface area contributed by atoms with Gasteiger partial charge in [0.25, 0.3) is 0 Å². The van der Waals surface area contributed by atoms with Crippen molar-refractivity contribution in [3.63, 3.8) is 0 Å². The average Bonchev–Trinajstić information content (AvgIpc) is 2.43. The molecule has 3 nitrogen and oxygen atoms in total. The minimum Gasteiger partial charge on any atom is -0.383 e. The quantitative estimate of drug-likeness (QED) is 0.737. The summed E-state index contributed by atoms with van der Waals surface area (Å²) in [6, 6.07) is 7.61. The third kappa shape index (κ3) is 1.87. The lowest BCUT2D eigenvalue weighted by Gasteiger charge is -2.09. The first kappa shape index (κ1) is 12.5. The van der Waals surface area contributed by atoms with Crippen molar-refractivity contribution in [1.82, 2.24) is 9.97 Å². The summed E-state index contributed by atoms with van der Waals surface area (Å²) in [5.41, 5.74) is 7.94. The summed E-state index contributed by atoms with van der Waals surface area (Å²) in [7, 11) is 0. The number of nitrogens with two attached hydrogens (primary N) is 1.